The quantitative estimate of drug-likeness (QED) is 0.545. The molecule has 3 nitrogen and oxygen atoms in total. The Hall–Kier alpha value is -0.120. The second kappa shape index (κ2) is 4.04. The molecule has 3 aliphatic rings. The molecule has 3 rings (SSSR count). The molecule has 0 amide bonds. The van der Waals surface area contributed by atoms with Crippen LogP contribution in [0.1, 0.15) is 32.1 Å². The number of hydrogen-bond acceptors (Lipinski definition) is 3. The molecule has 15 heavy (non-hydrogen) atoms. The van der Waals surface area contributed by atoms with E-state index in [2.05, 4.69) is 5.43 Å². The minimum atomic E-state index is 0.512. The first-order valence-electron chi connectivity index (χ1n) is 6.42. The zero-order valence-electron chi connectivity index (χ0n) is 9.32. The first-order valence-corrected chi connectivity index (χ1v) is 6.42. The molecule has 0 spiro atoms. The van der Waals surface area contributed by atoms with Crippen molar-refractivity contribution >= 4 is 0 Å². The number of nitrogens with two attached hydrogens (primary N) is 1. The van der Waals surface area contributed by atoms with E-state index in [4.69, 9.17) is 10.6 Å². The van der Waals surface area contributed by atoms with Gasteiger partial charge in [-0.25, -0.2) is 0 Å². The second-order valence-corrected chi connectivity index (χ2v) is 5.66. The fourth-order valence-corrected chi connectivity index (χ4v) is 3.76. The summed E-state index contributed by atoms with van der Waals surface area (Å²) in [5.74, 6) is 9.32. The molecule has 3 heteroatoms. The highest BCUT2D eigenvalue weighted by Crippen LogP contribution is 2.55. The van der Waals surface area contributed by atoms with Gasteiger partial charge in [-0.2, -0.15) is 0 Å². The molecule has 2 saturated carbocycles. The van der Waals surface area contributed by atoms with Crippen LogP contribution in [0.25, 0.3) is 0 Å². The maximum Gasteiger partial charge on any atom is 0.0509 e. The van der Waals surface area contributed by atoms with Crippen LogP contribution in [-0.2, 0) is 4.74 Å². The number of rotatable bonds is 3. The zero-order chi connectivity index (χ0) is 10.3. The summed E-state index contributed by atoms with van der Waals surface area (Å²) < 4.78 is 5.57. The van der Waals surface area contributed by atoms with Crippen molar-refractivity contribution in [3.05, 3.63) is 0 Å². The van der Waals surface area contributed by atoms with Crippen LogP contribution in [0.3, 0.4) is 0 Å². The summed E-state index contributed by atoms with van der Waals surface area (Å²) in [5.41, 5.74) is 3.07. The minimum Gasteiger partial charge on any atom is -0.381 e. The average Bonchev–Trinajstić information content (AvgIpc) is 2.89. The van der Waals surface area contributed by atoms with E-state index >= 15 is 0 Å². The third kappa shape index (κ3) is 1.93. The highest BCUT2D eigenvalue weighted by Gasteiger charge is 2.48. The molecule has 4 unspecified atom stereocenters. The highest BCUT2D eigenvalue weighted by atomic mass is 16.5. The van der Waals surface area contributed by atoms with E-state index in [-0.39, 0.29) is 0 Å². The van der Waals surface area contributed by atoms with E-state index in [9.17, 15) is 0 Å². The van der Waals surface area contributed by atoms with E-state index in [0.29, 0.717) is 12.0 Å². The Balaban J connectivity index is 1.59. The van der Waals surface area contributed by atoms with Gasteiger partial charge in [-0.15, -0.1) is 0 Å². The fraction of sp³-hybridized carbons (Fsp3) is 1.00. The molecule has 0 aromatic rings. The SMILES string of the molecule is NNC(C1CCCOC1)C1CC2CC2C1. The summed E-state index contributed by atoms with van der Waals surface area (Å²) in [6, 6.07) is 0.512. The zero-order valence-corrected chi connectivity index (χ0v) is 9.32. The van der Waals surface area contributed by atoms with Crippen molar-refractivity contribution in [3.63, 3.8) is 0 Å². The van der Waals surface area contributed by atoms with Gasteiger partial charge in [-0.05, 0) is 55.8 Å². The van der Waals surface area contributed by atoms with Gasteiger partial charge >= 0.3 is 0 Å². The third-order valence-corrected chi connectivity index (χ3v) is 4.68. The Kier molecular flexibility index (Phi) is 2.71. The Morgan fingerprint density at radius 3 is 2.53 bits per heavy atom. The molecule has 1 heterocycles. The molecule has 0 radical (unpaired) electrons. The highest BCUT2D eigenvalue weighted by molar-refractivity contribution is 5.00. The van der Waals surface area contributed by atoms with Gasteiger partial charge in [0.25, 0.3) is 0 Å². The van der Waals surface area contributed by atoms with E-state index in [1.54, 1.807) is 0 Å². The third-order valence-electron chi connectivity index (χ3n) is 4.68. The van der Waals surface area contributed by atoms with Gasteiger partial charge in [0.15, 0.2) is 0 Å². The lowest BCUT2D eigenvalue weighted by atomic mass is 9.83. The van der Waals surface area contributed by atoms with Crippen molar-refractivity contribution < 1.29 is 4.74 Å². The lowest BCUT2D eigenvalue weighted by molar-refractivity contribution is 0.0279. The van der Waals surface area contributed by atoms with Crippen molar-refractivity contribution in [1.29, 1.82) is 0 Å². The molecule has 86 valence electrons. The predicted molar refractivity (Wildman–Crippen MR) is 59.0 cm³/mol. The first kappa shape index (κ1) is 10.1. The van der Waals surface area contributed by atoms with E-state index < -0.39 is 0 Å². The van der Waals surface area contributed by atoms with E-state index in [1.165, 1.54) is 32.1 Å². The van der Waals surface area contributed by atoms with Gasteiger partial charge in [-0.3, -0.25) is 11.3 Å². The van der Waals surface area contributed by atoms with Gasteiger partial charge < -0.3 is 4.74 Å². The minimum absolute atomic E-state index is 0.512. The Morgan fingerprint density at radius 2 is 1.93 bits per heavy atom. The molecule has 2 aliphatic carbocycles. The van der Waals surface area contributed by atoms with Crippen LogP contribution in [0.15, 0.2) is 0 Å². The Labute approximate surface area is 91.7 Å². The molecule has 4 atom stereocenters. The van der Waals surface area contributed by atoms with Crippen LogP contribution < -0.4 is 11.3 Å². The summed E-state index contributed by atoms with van der Waals surface area (Å²) in [6.07, 6.45) is 6.82. The van der Waals surface area contributed by atoms with Crippen molar-refractivity contribution in [2.75, 3.05) is 13.2 Å². The van der Waals surface area contributed by atoms with Crippen LogP contribution >= 0.6 is 0 Å². The van der Waals surface area contributed by atoms with Crippen molar-refractivity contribution in [1.82, 2.24) is 5.43 Å². The van der Waals surface area contributed by atoms with Crippen LogP contribution in [0.4, 0.5) is 0 Å². The number of nitrogens with one attached hydrogen (secondary N) is 1. The lowest BCUT2D eigenvalue weighted by Crippen LogP contribution is -2.48. The summed E-state index contributed by atoms with van der Waals surface area (Å²) in [6.45, 7) is 1.87. The monoisotopic (exact) mass is 210 g/mol. The van der Waals surface area contributed by atoms with Gasteiger partial charge in [0.1, 0.15) is 0 Å². The maximum atomic E-state index is 5.74. The molecular formula is C12H22N2O. The average molecular weight is 210 g/mol. The molecule has 3 N–H and O–H groups in total. The Morgan fingerprint density at radius 1 is 1.13 bits per heavy atom. The standard InChI is InChI=1S/C12H22N2O/c13-14-12(8-2-1-3-15-7-8)11-5-9-4-10(9)6-11/h8-12,14H,1-7,13H2. The van der Waals surface area contributed by atoms with Crippen molar-refractivity contribution in [3.8, 4) is 0 Å². The maximum absolute atomic E-state index is 5.74. The van der Waals surface area contributed by atoms with Crippen molar-refractivity contribution in [2.24, 2.45) is 29.5 Å². The lowest BCUT2D eigenvalue weighted by Gasteiger charge is -2.34. The number of fused-ring (bicyclic) bond motifs is 1. The normalized spacial score (nSPS) is 46.2. The molecule has 0 aromatic heterocycles. The number of hydrogen-bond donors (Lipinski definition) is 2. The number of hydrazine groups is 1. The van der Waals surface area contributed by atoms with Gasteiger partial charge in [0.2, 0.25) is 0 Å². The summed E-state index contributed by atoms with van der Waals surface area (Å²) in [4.78, 5) is 0. The van der Waals surface area contributed by atoms with E-state index in [1.807, 2.05) is 0 Å². The molecule has 0 bridgehead atoms. The first-order chi connectivity index (χ1) is 7.38. The predicted octanol–water partition coefficient (Wildman–Crippen LogP) is 1.29. The van der Waals surface area contributed by atoms with Crippen LogP contribution in [0.5, 0.6) is 0 Å². The van der Waals surface area contributed by atoms with Gasteiger partial charge in [0, 0.05) is 12.6 Å². The van der Waals surface area contributed by atoms with Gasteiger partial charge in [0.05, 0.1) is 6.61 Å². The Bertz CT molecular complexity index is 216. The summed E-state index contributed by atoms with van der Waals surface area (Å²) in [7, 11) is 0. The molecular weight excluding hydrogens is 188 g/mol. The topological polar surface area (TPSA) is 47.3 Å². The largest absolute Gasteiger partial charge is 0.381 e. The number of ether oxygens (including phenoxy) is 1. The smallest absolute Gasteiger partial charge is 0.0509 e. The van der Waals surface area contributed by atoms with E-state index in [0.717, 1.165) is 31.0 Å². The molecule has 3 fully saturated rings. The van der Waals surface area contributed by atoms with Crippen molar-refractivity contribution in [2.45, 2.75) is 38.1 Å². The fourth-order valence-electron chi connectivity index (χ4n) is 3.76. The molecule has 1 aliphatic heterocycles. The summed E-state index contributed by atoms with van der Waals surface area (Å²) in [5, 5.41) is 0. The molecule has 0 aromatic carbocycles. The van der Waals surface area contributed by atoms with Crippen LogP contribution in [0.2, 0.25) is 0 Å². The molecule has 1 saturated heterocycles. The second-order valence-electron chi connectivity index (χ2n) is 5.66. The summed E-state index contributed by atoms with van der Waals surface area (Å²) >= 11 is 0. The van der Waals surface area contributed by atoms with Crippen LogP contribution in [0, 0.1) is 23.7 Å². The van der Waals surface area contributed by atoms with Crippen LogP contribution in [-0.4, -0.2) is 19.3 Å². The van der Waals surface area contributed by atoms with Gasteiger partial charge in [-0.1, -0.05) is 0 Å².